The van der Waals surface area contributed by atoms with Crippen LogP contribution in [0.25, 0.3) is 10.9 Å². The minimum atomic E-state index is -0.186. The Labute approximate surface area is 124 Å². The second kappa shape index (κ2) is 5.10. The number of nitrogens with zero attached hydrogens (tertiary/aromatic N) is 1. The molecule has 112 valence electrons. The minimum absolute atomic E-state index is 0.0464. The molecule has 0 aliphatic heterocycles. The summed E-state index contributed by atoms with van der Waals surface area (Å²) >= 11 is 0. The molecule has 1 amide bonds. The molecule has 0 bridgehead atoms. The van der Waals surface area contributed by atoms with E-state index in [1.807, 2.05) is 6.07 Å². The summed E-state index contributed by atoms with van der Waals surface area (Å²) in [5, 5.41) is 1.20. The highest BCUT2D eigenvalue weighted by Crippen LogP contribution is 2.37. The molecule has 0 radical (unpaired) electrons. The molecule has 1 heterocycles. The lowest BCUT2D eigenvalue weighted by molar-refractivity contribution is -0.122. The number of fused-ring (bicyclic) bond motifs is 3. The molecule has 2 N–H and O–H groups in total. The molecule has 4 nitrogen and oxygen atoms in total. The zero-order valence-electron chi connectivity index (χ0n) is 12.8. The predicted molar refractivity (Wildman–Crippen MR) is 83.6 cm³/mol. The van der Waals surface area contributed by atoms with Gasteiger partial charge in [-0.15, -0.1) is 0 Å². The molecule has 1 unspecified atom stereocenters. The van der Waals surface area contributed by atoms with Crippen LogP contribution in [-0.2, 0) is 17.6 Å². The van der Waals surface area contributed by atoms with Gasteiger partial charge in [0.15, 0.2) is 0 Å². The number of carbonyl (C=O) groups excluding carboxylic acids is 1. The Hall–Kier alpha value is -1.97. The lowest BCUT2D eigenvalue weighted by Gasteiger charge is -2.23. The van der Waals surface area contributed by atoms with Gasteiger partial charge in [-0.1, -0.05) is 0 Å². The Bertz CT molecular complexity index is 700. The molecule has 0 saturated heterocycles. The van der Waals surface area contributed by atoms with E-state index < -0.39 is 0 Å². The van der Waals surface area contributed by atoms with Crippen molar-refractivity contribution in [2.75, 3.05) is 7.11 Å². The van der Waals surface area contributed by atoms with Crippen molar-refractivity contribution < 1.29 is 9.53 Å². The highest BCUT2D eigenvalue weighted by Gasteiger charge is 2.28. The van der Waals surface area contributed by atoms with Crippen LogP contribution in [0.3, 0.4) is 0 Å². The molecule has 0 saturated carbocycles. The molecule has 1 aromatic carbocycles. The zero-order chi connectivity index (χ0) is 15.1. The van der Waals surface area contributed by atoms with Crippen LogP contribution in [0.2, 0.25) is 0 Å². The molecule has 1 aliphatic rings. The number of hydrogen-bond donors (Lipinski definition) is 1. The van der Waals surface area contributed by atoms with Gasteiger partial charge in [0.1, 0.15) is 5.75 Å². The fourth-order valence-corrected chi connectivity index (χ4v) is 3.53. The van der Waals surface area contributed by atoms with Crippen LogP contribution in [-0.4, -0.2) is 17.6 Å². The molecule has 1 aliphatic carbocycles. The van der Waals surface area contributed by atoms with Gasteiger partial charge in [0, 0.05) is 28.6 Å². The first kappa shape index (κ1) is 14.0. The van der Waals surface area contributed by atoms with Gasteiger partial charge >= 0.3 is 0 Å². The second-order valence-corrected chi connectivity index (χ2v) is 6.11. The van der Waals surface area contributed by atoms with Gasteiger partial charge in [-0.05, 0) is 56.9 Å². The normalized spacial score (nSPS) is 18.0. The van der Waals surface area contributed by atoms with Crippen LogP contribution in [0, 0.1) is 5.92 Å². The molecule has 3 rings (SSSR count). The SMILES string of the molecule is COc1ccc2c(c1)c1c(n2C(C)C)CCC(C(N)=O)C1. The summed E-state index contributed by atoms with van der Waals surface area (Å²) in [5.41, 5.74) is 9.37. The molecule has 21 heavy (non-hydrogen) atoms. The number of carbonyl (C=O) groups is 1. The van der Waals surface area contributed by atoms with E-state index in [0.29, 0.717) is 6.04 Å². The molecular weight excluding hydrogens is 264 g/mol. The number of hydrogen-bond acceptors (Lipinski definition) is 2. The average Bonchev–Trinajstić information content (AvgIpc) is 2.79. The lowest BCUT2D eigenvalue weighted by Crippen LogP contribution is -2.29. The molecule has 1 atom stereocenters. The lowest BCUT2D eigenvalue weighted by atomic mass is 9.86. The van der Waals surface area contributed by atoms with Crippen molar-refractivity contribution in [1.82, 2.24) is 4.57 Å². The zero-order valence-corrected chi connectivity index (χ0v) is 12.8. The standard InChI is InChI=1S/C17H22N2O2/c1-10(2)19-15-6-4-11(17(18)20)8-13(15)14-9-12(21-3)5-7-16(14)19/h5,7,9-11H,4,6,8H2,1-3H3,(H2,18,20). The second-order valence-electron chi connectivity index (χ2n) is 6.11. The van der Waals surface area contributed by atoms with Crippen LogP contribution >= 0.6 is 0 Å². The molecule has 0 spiro atoms. The number of primary amides is 1. The van der Waals surface area contributed by atoms with Gasteiger partial charge < -0.3 is 15.0 Å². The van der Waals surface area contributed by atoms with Crippen LogP contribution < -0.4 is 10.5 Å². The monoisotopic (exact) mass is 286 g/mol. The largest absolute Gasteiger partial charge is 0.497 e. The van der Waals surface area contributed by atoms with Gasteiger partial charge in [-0.25, -0.2) is 0 Å². The number of nitrogens with two attached hydrogens (primary N) is 1. The van der Waals surface area contributed by atoms with Crippen molar-refractivity contribution in [2.45, 2.75) is 39.2 Å². The van der Waals surface area contributed by atoms with E-state index in [1.54, 1.807) is 7.11 Å². The van der Waals surface area contributed by atoms with E-state index in [-0.39, 0.29) is 11.8 Å². The summed E-state index contributed by atoms with van der Waals surface area (Å²) in [4.78, 5) is 11.6. The fraction of sp³-hybridized carbons (Fsp3) is 0.471. The van der Waals surface area contributed by atoms with Crippen LogP contribution in [0.1, 0.15) is 37.6 Å². The van der Waals surface area contributed by atoms with E-state index in [2.05, 4.69) is 30.5 Å². The van der Waals surface area contributed by atoms with Crippen LogP contribution in [0.15, 0.2) is 18.2 Å². The summed E-state index contributed by atoms with van der Waals surface area (Å²) < 4.78 is 7.75. The topological polar surface area (TPSA) is 57.2 Å². The number of amides is 1. The van der Waals surface area contributed by atoms with Gasteiger partial charge in [-0.3, -0.25) is 4.79 Å². The van der Waals surface area contributed by atoms with Crippen LogP contribution in [0.5, 0.6) is 5.75 Å². The van der Waals surface area contributed by atoms with E-state index in [1.165, 1.54) is 22.2 Å². The summed E-state index contributed by atoms with van der Waals surface area (Å²) in [5.74, 6) is 0.622. The third-order valence-corrected chi connectivity index (χ3v) is 4.53. The molecule has 4 heteroatoms. The first-order valence-corrected chi connectivity index (χ1v) is 7.52. The third kappa shape index (κ3) is 2.19. The van der Waals surface area contributed by atoms with Crippen molar-refractivity contribution in [3.63, 3.8) is 0 Å². The minimum Gasteiger partial charge on any atom is -0.497 e. The van der Waals surface area contributed by atoms with Crippen LogP contribution in [0.4, 0.5) is 0 Å². The van der Waals surface area contributed by atoms with Crippen molar-refractivity contribution >= 4 is 16.8 Å². The van der Waals surface area contributed by atoms with Gasteiger partial charge in [-0.2, -0.15) is 0 Å². The number of methoxy groups -OCH3 is 1. The van der Waals surface area contributed by atoms with E-state index in [9.17, 15) is 4.79 Å². The summed E-state index contributed by atoms with van der Waals surface area (Å²) in [6.07, 6.45) is 2.51. The maximum Gasteiger partial charge on any atom is 0.220 e. The molecular formula is C17H22N2O2. The number of rotatable bonds is 3. The highest BCUT2D eigenvalue weighted by atomic mass is 16.5. The number of ether oxygens (including phenoxy) is 1. The van der Waals surface area contributed by atoms with E-state index in [4.69, 9.17) is 10.5 Å². The number of benzene rings is 1. The fourth-order valence-electron chi connectivity index (χ4n) is 3.53. The first-order valence-electron chi connectivity index (χ1n) is 7.52. The average molecular weight is 286 g/mol. The Morgan fingerprint density at radius 2 is 2.19 bits per heavy atom. The Morgan fingerprint density at radius 1 is 1.43 bits per heavy atom. The third-order valence-electron chi connectivity index (χ3n) is 4.53. The quantitative estimate of drug-likeness (QED) is 0.943. The Kier molecular flexibility index (Phi) is 3.40. The van der Waals surface area contributed by atoms with Gasteiger partial charge in [0.2, 0.25) is 5.91 Å². The molecule has 2 aromatic rings. The predicted octanol–water partition coefficient (Wildman–Crippen LogP) is 2.82. The maximum absolute atomic E-state index is 11.6. The highest BCUT2D eigenvalue weighted by molar-refractivity contribution is 5.88. The summed E-state index contributed by atoms with van der Waals surface area (Å²) in [7, 11) is 1.68. The molecule has 0 fully saturated rings. The molecule has 1 aromatic heterocycles. The van der Waals surface area contributed by atoms with Crippen molar-refractivity contribution in [2.24, 2.45) is 11.7 Å². The summed E-state index contributed by atoms with van der Waals surface area (Å²) in [6.45, 7) is 4.40. The smallest absolute Gasteiger partial charge is 0.220 e. The Balaban J connectivity index is 2.23. The van der Waals surface area contributed by atoms with Gasteiger partial charge in [0.25, 0.3) is 0 Å². The Morgan fingerprint density at radius 3 is 2.81 bits per heavy atom. The van der Waals surface area contributed by atoms with E-state index in [0.717, 1.165) is 25.0 Å². The van der Waals surface area contributed by atoms with Crippen molar-refractivity contribution in [3.05, 3.63) is 29.5 Å². The first-order chi connectivity index (χ1) is 10.0. The van der Waals surface area contributed by atoms with Crippen molar-refractivity contribution in [1.29, 1.82) is 0 Å². The van der Waals surface area contributed by atoms with Gasteiger partial charge in [0.05, 0.1) is 7.11 Å². The van der Waals surface area contributed by atoms with E-state index >= 15 is 0 Å². The maximum atomic E-state index is 11.6. The van der Waals surface area contributed by atoms with Crippen molar-refractivity contribution in [3.8, 4) is 5.75 Å². The summed E-state index contributed by atoms with van der Waals surface area (Å²) in [6, 6.07) is 6.59. The number of aromatic nitrogens is 1.